The van der Waals surface area contributed by atoms with Gasteiger partial charge in [-0.15, -0.1) is 0 Å². The van der Waals surface area contributed by atoms with Gasteiger partial charge in [-0.2, -0.15) is 5.10 Å². The van der Waals surface area contributed by atoms with E-state index in [4.69, 9.17) is 0 Å². The van der Waals surface area contributed by atoms with E-state index in [2.05, 4.69) is 31.0 Å². The molecule has 2 aliphatic carbocycles. The normalized spacial score (nSPS) is 39.5. The van der Waals surface area contributed by atoms with Crippen LogP contribution in [0.25, 0.3) is 0 Å². The van der Waals surface area contributed by atoms with Gasteiger partial charge in [-0.05, 0) is 29.7 Å². The van der Waals surface area contributed by atoms with Gasteiger partial charge in [-0.1, -0.05) is 20.8 Å². The summed E-state index contributed by atoms with van der Waals surface area (Å²) in [6, 6.07) is 0. The van der Waals surface area contributed by atoms with Crippen molar-refractivity contribution >= 4 is 0 Å². The van der Waals surface area contributed by atoms with Gasteiger partial charge in [0.05, 0.1) is 6.20 Å². The highest BCUT2D eigenvalue weighted by Gasteiger charge is 2.60. The Morgan fingerprint density at radius 2 is 2.23 bits per heavy atom. The Bertz CT molecular complexity index is 364. The fourth-order valence-electron chi connectivity index (χ4n) is 3.49. The first-order valence-electron chi connectivity index (χ1n) is 5.11. The number of fused-ring (bicyclic) bond motifs is 5. The van der Waals surface area contributed by atoms with E-state index < -0.39 is 0 Å². The van der Waals surface area contributed by atoms with Gasteiger partial charge in [0, 0.05) is 11.1 Å². The molecule has 0 amide bonds. The number of hydrogen-bond donors (Lipinski definition) is 1. The molecule has 13 heavy (non-hydrogen) atoms. The summed E-state index contributed by atoms with van der Waals surface area (Å²) in [4.78, 5) is 0. The number of aromatic amines is 1. The van der Waals surface area contributed by atoms with Crippen LogP contribution >= 0.6 is 0 Å². The average molecular weight is 176 g/mol. The lowest BCUT2D eigenvalue weighted by Crippen LogP contribution is -2.31. The number of H-pyrrole nitrogens is 1. The zero-order chi connectivity index (χ0) is 9.27. The van der Waals surface area contributed by atoms with Crippen molar-refractivity contribution in [2.24, 2.45) is 5.41 Å². The number of nitrogens with one attached hydrogen (secondary N) is 1. The third kappa shape index (κ3) is 0.588. The van der Waals surface area contributed by atoms with E-state index >= 15 is 0 Å². The predicted octanol–water partition coefficient (Wildman–Crippen LogP) is 2.58. The molecule has 2 atom stereocenters. The Kier molecular flexibility index (Phi) is 1.07. The summed E-state index contributed by atoms with van der Waals surface area (Å²) < 4.78 is 0. The van der Waals surface area contributed by atoms with Gasteiger partial charge in [-0.3, -0.25) is 5.10 Å². The van der Waals surface area contributed by atoms with E-state index in [1.807, 2.05) is 6.20 Å². The predicted molar refractivity (Wildman–Crippen MR) is 51.7 cm³/mol. The van der Waals surface area contributed by atoms with Crippen molar-refractivity contribution in [1.82, 2.24) is 10.2 Å². The quantitative estimate of drug-likeness (QED) is 0.646. The summed E-state index contributed by atoms with van der Waals surface area (Å²) in [5.74, 6) is 0.742. The lowest BCUT2D eigenvalue weighted by Gasteiger charge is -2.34. The molecule has 1 saturated carbocycles. The molecule has 1 heterocycles. The highest BCUT2D eigenvalue weighted by Crippen LogP contribution is 2.66. The smallest absolute Gasteiger partial charge is 0.0525 e. The minimum atomic E-state index is 0.351. The maximum atomic E-state index is 4.17. The van der Waals surface area contributed by atoms with E-state index in [1.54, 1.807) is 0 Å². The lowest BCUT2D eigenvalue weighted by atomic mass is 9.70. The SMILES string of the molecule is CC1(C)[C@@H]2CC[C@@]1(C)c1[nH]ncc12. The molecule has 0 radical (unpaired) electrons. The highest BCUT2D eigenvalue weighted by atomic mass is 15.1. The molecule has 0 aliphatic heterocycles. The number of hydrogen-bond acceptors (Lipinski definition) is 1. The maximum absolute atomic E-state index is 4.17. The molecular weight excluding hydrogens is 160 g/mol. The van der Waals surface area contributed by atoms with E-state index in [1.165, 1.54) is 24.1 Å². The highest BCUT2D eigenvalue weighted by molar-refractivity contribution is 5.43. The molecule has 0 aromatic carbocycles. The van der Waals surface area contributed by atoms with Crippen LogP contribution in [-0.2, 0) is 5.41 Å². The van der Waals surface area contributed by atoms with E-state index in [0.717, 1.165) is 5.92 Å². The molecule has 2 nitrogen and oxygen atoms in total. The van der Waals surface area contributed by atoms with Gasteiger partial charge in [0.1, 0.15) is 0 Å². The van der Waals surface area contributed by atoms with Crippen molar-refractivity contribution in [1.29, 1.82) is 0 Å². The molecule has 0 spiro atoms. The summed E-state index contributed by atoms with van der Waals surface area (Å²) in [6.07, 6.45) is 4.70. The molecule has 3 rings (SSSR count). The summed E-state index contributed by atoms with van der Waals surface area (Å²) in [5, 5.41) is 7.37. The second-order valence-corrected chi connectivity index (χ2v) is 5.35. The summed E-state index contributed by atoms with van der Waals surface area (Å²) in [6.45, 7) is 7.19. The topological polar surface area (TPSA) is 28.7 Å². The third-order valence-corrected chi connectivity index (χ3v) is 4.82. The van der Waals surface area contributed by atoms with Crippen molar-refractivity contribution in [3.05, 3.63) is 17.5 Å². The molecule has 0 unspecified atom stereocenters. The average Bonchev–Trinajstić information content (AvgIpc) is 2.63. The summed E-state index contributed by atoms with van der Waals surface area (Å²) in [5.41, 5.74) is 3.67. The molecule has 1 N–H and O–H groups in total. The molecule has 2 bridgehead atoms. The molecule has 0 saturated heterocycles. The second-order valence-electron chi connectivity index (χ2n) is 5.35. The molecule has 2 heteroatoms. The molecule has 1 aromatic heterocycles. The lowest BCUT2D eigenvalue weighted by molar-refractivity contribution is 0.225. The van der Waals surface area contributed by atoms with E-state index in [9.17, 15) is 0 Å². The zero-order valence-electron chi connectivity index (χ0n) is 8.52. The Labute approximate surface area is 78.7 Å². The van der Waals surface area contributed by atoms with Crippen LogP contribution in [0.4, 0.5) is 0 Å². The van der Waals surface area contributed by atoms with Crippen LogP contribution in [0.15, 0.2) is 6.20 Å². The Morgan fingerprint density at radius 3 is 2.92 bits per heavy atom. The first-order valence-corrected chi connectivity index (χ1v) is 5.11. The van der Waals surface area contributed by atoms with E-state index in [0.29, 0.717) is 10.8 Å². The number of aromatic nitrogens is 2. The summed E-state index contributed by atoms with van der Waals surface area (Å²) >= 11 is 0. The van der Waals surface area contributed by atoms with Crippen LogP contribution in [-0.4, -0.2) is 10.2 Å². The first kappa shape index (κ1) is 7.60. The van der Waals surface area contributed by atoms with Crippen LogP contribution in [0.2, 0.25) is 0 Å². The van der Waals surface area contributed by atoms with Crippen LogP contribution in [0.5, 0.6) is 0 Å². The number of rotatable bonds is 0. The summed E-state index contributed by atoms with van der Waals surface area (Å²) in [7, 11) is 0. The van der Waals surface area contributed by atoms with Crippen molar-refractivity contribution in [2.45, 2.75) is 44.9 Å². The first-order chi connectivity index (χ1) is 6.07. The van der Waals surface area contributed by atoms with Crippen LogP contribution in [0.3, 0.4) is 0 Å². The van der Waals surface area contributed by atoms with Gasteiger partial charge in [-0.25, -0.2) is 0 Å². The van der Waals surface area contributed by atoms with Gasteiger partial charge in [0.15, 0.2) is 0 Å². The molecule has 2 aliphatic rings. The maximum Gasteiger partial charge on any atom is 0.0525 e. The zero-order valence-corrected chi connectivity index (χ0v) is 8.52. The van der Waals surface area contributed by atoms with Gasteiger partial charge >= 0.3 is 0 Å². The van der Waals surface area contributed by atoms with Crippen molar-refractivity contribution < 1.29 is 0 Å². The second kappa shape index (κ2) is 1.84. The fraction of sp³-hybridized carbons (Fsp3) is 0.727. The number of nitrogens with zero attached hydrogens (tertiary/aromatic N) is 1. The largest absolute Gasteiger partial charge is 0.282 e. The van der Waals surface area contributed by atoms with E-state index in [-0.39, 0.29) is 0 Å². The fourth-order valence-corrected chi connectivity index (χ4v) is 3.49. The van der Waals surface area contributed by atoms with Crippen LogP contribution in [0, 0.1) is 5.41 Å². The van der Waals surface area contributed by atoms with Crippen LogP contribution < -0.4 is 0 Å². The van der Waals surface area contributed by atoms with Gasteiger partial charge < -0.3 is 0 Å². The molecule has 1 aromatic rings. The molecular formula is C11H16N2. The van der Waals surface area contributed by atoms with Crippen LogP contribution in [0.1, 0.15) is 50.8 Å². The van der Waals surface area contributed by atoms with Crippen molar-refractivity contribution in [3.8, 4) is 0 Å². The third-order valence-electron chi connectivity index (χ3n) is 4.82. The van der Waals surface area contributed by atoms with Gasteiger partial charge in [0.25, 0.3) is 0 Å². The monoisotopic (exact) mass is 176 g/mol. The molecule has 1 fully saturated rings. The Morgan fingerprint density at radius 1 is 1.46 bits per heavy atom. The van der Waals surface area contributed by atoms with Gasteiger partial charge in [0.2, 0.25) is 0 Å². The Balaban J connectivity index is 2.30. The minimum absolute atomic E-state index is 0.351. The van der Waals surface area contributed by atoms with Crippen molar-refractivity contribution in [2.75, 3.05) is 0 Å². The van der Waals surface area contributed by atoms with Crippen molar-refractivity contribution in [3.63, 3.8) is 0 Å². The molecule has 70 valence electrons. The standard InChI is InChI=1S/C11H16N2/c1-10(2)8-4-5-11(10,3)9-7(8)6-12-13-9/h6,8H,4-5H2,1-3H3,(H,12,13)/t8-,11+/m1/s1. The minimum Gasteiger partial charge on any atom is -0.282 e. The Hall–Kier alpha value is -0.790.